The van der Waals surface area contributed by atoms with Crippen LogP contribution >= 0.6 is 0 Å². The zero-order valence-corrected chi connectivity index (χ0v) is 13.4. The van der Waals surface area contributed by atoms with Gasteiger partial charge in [-0.2, -0.15) is 13.2 Å². The predicted molar refractivity (Wildman–Crippen MR) is 82.2 cm³/mol. The number of aliphatic carboxylic acids is 1. The number of rotatable bonds is 5. The molecule has 0 saturated carbocycles. The van der Waals surface area contributed by atoms with Gasteiger partial charge in [-0.25, -0.2) is 4.79 Å². The second kappa shape index (κ2) is 8.09. The molecule has 1 aromatic carbocycles. The molecule has 0 aliphatic carbocycles. The van der Waals surface area contributed by atoms with Crippen molar-refractivity contribution in [1.29, 1.82) is 0 Å². The fraction of sp³-hybridized carbons (Fsp3) is 0.500. The summed E-state index contributed by atoms with van der Waals surface area (Å²) in [5, 5.41) is 11.6. The molecule has 1 saturated heterocycles. The molecule has 25 heavy (non-hydrogen) atoms. The quantitative estimate of drug-likeness (QED) is 0.846. The molecule has 1 aliphatic rings. The lowest BCUT2D eigenvalue weighted by Gasteiger charge is -2.30. The number of benzene rings is 1. The third-order valence-corrected chi connectivity index (χ3v) is 3.85. The van der Waals surface area contributed by atoms with E-state index >= 15 is 0 Å². The summed E-state index contributed by atoms with van der Waals surface area (Å²) in [6.45, 7) is -0.860. The summed E-state index contributed by atoms with van der Waals surface area (Å²) in [7, 11) is 0. The second-order valence-electron chi connectivity index (χ2n) is 5.79. The molecule has 1 fully saturated rings. The molecule has 0 spiro atoms. The van der Waals surface area contributed by atoms with E-state index in [4.69, 9.17) is 9.84 Å². The van der Waals surface area contributed by atoms with Crippen molar-refractivity contribution in [2.75, 3.05) is 19.7 Å². The number of amides is 2. The van der Waals surface area contributed by atoms with Crippen LogP contribution in [0.15, 0.2) is 24.3 Å². The minimum absolute atomic E-state index is 0.0128. The van der Waals surface area contributed by atoms with Gasteiger partial charge >= 0.3 is 18.2 Å². The van der Waals surface area contributed by atoms with Crippen LogP contribution in [-0.2, 0) is 11.3 Å². The van der Waals surface area contributed by atoms with E-state index in [1.54, 1.807) is 18.2 Å². The normalized spacial score (nSPS) is 17.9. The van der Waals surface area contributed by atoms with Crippen LogP contribution in [0.25, 0.3) is 0 Å². The predicted octanol–water partition coefficient (Wildman–Crippen LogP) is 2.63. The number of para-hydroxylation sites is 1. The number of nitrogens with zero attached hydrogens (tertiary/aromatic N) is 1. The number of nitrogens with one attached hydrogen (secondary N) is 1. The fourth-order valence-electron chi connectivity index (χ4n) is 2.60. The van der Waals surface area contributed by atoms with Crippen LogP contribution in [-0.4, -0.2) is 47.9 Å². The van der Waals surface area contributed by atoms with Crippen LogP contribution in [0.4, 0.5) is 18.0 Å². The number of hydrogen-bond donors (Lipinski definition) is 2. The lowest BCUT2D eigenvalue weighted by molar-refractivity contribution is -0.153. The van der Waals surface area contributed by atoms with Crippen molar-refractivity contribution >= 4 is 12.0 Å². The minimum atomic E-state index is -4.45. The van der Waals surface area contributed by atoms with E-state index in [1.807, 2.05) is 0 Å². The standard InChI is InChI=1S/C16H19F3N2O4/c17-16(18,19)10-25-13-6-2-1-4-11(13)8-20-15(24)21-7-3-5-12(9-21)14(22)23/h1-2,4,6,12H,3,5,7-10H2,(H,20,24)(H,22,23). The molecule has 2 N–H and O–H groups in total. The maximum atomic E-state index is 12.3. The van der Waals surface area contributed by atoms with Crippen molar-refractivity contribution in [3.63, 3.8) is 0 Å². The first kappa shape index (κ1) is 18.9. The molecule has 1 aromatic rings. The number of carbonyl (C=O) groups excluding carboxylic acids is 1. The highest BCUT2D eigenvalue weighted by molar-refractivity contribution is 5.76. The Bertz CT molecular complexity index is 622. The van der Waals surface area contributed by atoms with E-state index in [9.17, 15) is 22.8 Å². The Labute approximate surface area is 142 Å². The third kappa shape index (κ3) is 5.84. The molecular formula is C16H19F3N2O4. The summed E-state index contributed by atoms with van der Waals surface area (Å²) in [6.07, 6.45) is -3.33. The molecular weight excluding hydrogens is 341 g/mol. The van der Waals surface area contributed by atoms with Crippen molar-refractivity contribution in [2.45, 2.75) is 25.6 Å². The van der Waals surface area contributed by atoms with Crippen molar-refractivity contribution in [3.8, 4) is 5.75 Å². The Kier molecular flexibility index (Phi) is 6.11. The first-order valence-electron chi connectivity index (χ1n) is 7.79. The molecule has 2 amide bonds. The van der Waals surface area contributed by atoms with Crippen molar-refractivity contribution in [3.05, 3.63) is 29.8 Å². The molecule has 1 aliphatic heterocycles. The van der Waals surface area contributed by atoms with Crippen molar-refractivity contribution in [2.24, 2.45) is 5.92 Å². The molecule has 1 atom stereocenters. The molecule has 6 nitrogen and oxygen atoms in total. The van der Waals surface area contributed by atoms with Gasteiger partial charge in [-0.05, 0) is 18.9 Å². The van der Waals surface area contributed by atoms with Crippen LogP contribution in [0.1, 0.15) is 18.4 Å². The summed E-state index contributed by atoms with van der Waals surface area (Å²) in [6, 6.07) is 5.68. The van der Waals surface area contributed by atoms with Crippen LogP contribution in [0.5, 0.6) is 5.75 Å². The molecule has 1 heterocycles. The number of carboxylic acids is 1. The van der Waals surface area contributed by atoms with Crippen LogP contribution in [0, 0.1) is 5.92 Å². The Morgan fingerprint density at radius 1 is 1.32 bits per heavy atom. The van der Waals surface area contributed by atoms with E-state index in [-0.39, 0.29) is 18.8 Å². The first-order valence-corrected chi connectivity index (χ1v) is 7.79. The zero-order chi connectivity index (χ0) is 18.4. The second-order valence-corrected chi connectivity index (χ2v) is 5.79. The molecule has 0 aromatic heterocycles. The average Bonchev–Trinajstić information content (AvgIpc) is 2.58. The number of piperidine rings is 1. The number of carbonyl (C=O) groups is 2. The van der Waals surface area contributed by atoms with Gasteiger partial charge in [0.25, 0.3) is 0 Å². The van der Waals surface area contributed by atoms with E-state index in [2.05, 4.69) is 5.32 Å². The van der Waals surface area contributed by atoms with Gasteiger partial charge < -0.3 is 20.1 Å². The van der Waals surface area contributed by atoms with Gasteiger partial charge in [0.15, 0.2) is 6.61 Å². The largest absolute Gasteiger partial charge is 0.484 e. The van der Waals surface area contributed by atoms with E-state index in [0.29, 0.717) is 24.9 Å². The minimum Gasteiger partial charge on any atom is -0.484 e. The number of urea groups is 1. The van der Waals surface area contributed by atoms with E-state index in [0.717, 1.165) is 0 Å². The van der Waals surface area contributed by atoms with Gasteiger partial charge in [0.05, 0.1) is 5.92 Å². The van der Waals surface area contributed by atoms with Crippen LogP contribution in [0.2, 0.25) is 0 Å². The van der Waals surface area contributed by atoms with E-state index < -0.39 is 30.7 Å². The van der Waals surface area contributed by atoms with Crippen molar-refractivity contribution < 1.29 is 32.6 Å². The zero-order valence-electron chi connectivity index (χ0n) is 13.4. The number of hydrogen-bond acceptors (Lipinski definition) is 3. The Hall–Kier alpha value is -2.45. The van der Waals surface area contributed by atoms with Crippen molar-refractivity contribution in [1.82, 2.24) is 10.2 Å². The molecule has 0 bridgehead atoms. The lowest BCUT2D eigenvalue weighted by atomic mass is 9.99. The van der Waals surface area contributed by atoms with Crippen LogP contribution < -0.4 is 10.1 Å². The Morgan fingerprint density at radius 3 is 2.72 bits per heavy atom. The summed E-state index contributed by atoms with van der Waals surface area (Å²) >= 11 is 0. The highest BCUT2D eigenvalue weighted by atomic mass is 19.4. The topological polar surface area (TPSA) is 78.9 Å². The molecule has 2 rings (SSSR count). The average molecular weight is 360 g/mol. The van der Waals surface area contributed by atoms with Gasteiger partial charge in [0.2, 0.25) is 0 Å². The Morgan fingerprint density at radius 2 is 2.04 bits per heavy atom. The highest BCUT2D eigenvalue weighted by Crippen LogP contribution is 2.22. The summed E-state index contributed by atoms with van der Waals surface area (Å²) < 4.78 is 41.6. The number of halogens is 3. The SMILES string of the molecule is O=C(O)C1CCCN(C(=O)NCc2ccccc2OCC(F)(F)F)C1. The maximum Gasteiger partial charge on any atom is 0.422 e. The van der Waals surface area contributed by atoms with Gasteiger partial charge in [-0.15, -0.1) is 0 Å². The fourth-order valence-corrected chi connectivity index (χ4v) is 2.60. The number of carboxylic acid groups (broad SMARTS) is 1. The molecule has 138 valence electrons. The molecule has 1 unspecified atom stereocenters. The van der Waals surface area contributed by atoms with Gasteiger partial charge in [-0.1, -0.05) is 18.2 Å². The molecule has 0 radical (unpaired) electrons. The van der Waals surface area contributed by atoms with E-state index in [1.165, 1.54) is 11.0 Å². The smallest absolute Gasteiger partial charge is 0.422 e. The monoisotopic (exact) mass is 360 g/mol. The summed E-state index contributed by atoms with van der Waals surface area (Å²) in [4.78, 5) is 24.6. The highest BCUT2D eigenvalue weighted by Gasteiger charge is 2.29. The number of ether oxygens (including phenoxy) is 1. The third-order valence-electron chi connectivity index (χ3n) is 3.85. The van der Waals surface area contributed by atoms with Gasteiger partial charge in [0, 0.05) is 25.2 Å². The van der Waals surface area contributed by atoms with Crippen LogP contribution in [0.3, 0.4) is 0 Å². The first-order chi connectivity index (χ1) is 11.8. The summed E-state index contributed by atoms with van der Waals surface area (Å²) in [5.74, 6) is -1.49. The number of alkyl halides is 3. The summed E-state index contributed by atoms with van der Waals surface area (Å²) in [5.41, 5.74) is 0.409. The molecule has 9 heteroatoms. The van der Waals surface area contributed by atoms with Gasteiger partial charge in [0.1, 0.15) is 5.75 Å². The van der Waals surface area contributed by atoms with Gasteiger partial charge in [-0.3, -0.25) is 4.79 Å². The Balaban J connectivity index is 1.92. The number of likely N-dealkylation sites (tertiary alicyclic amines) is 1. The maximum absolute atomic E-state index is 12.3. The lowest BCUT2D eigenvalue weighted by Crippen LogP contribution is -2.46.